The van der Waals surface area contributed by atoms with Gasteiger partial charge in [0.05, 0.1) is 0 Å². The van der Waals surface area contributed by atoms with Crippen molar-refractivity contribution in [3.63, 3.8) is 0 Å². The van der Waals surface area contributed by atoms with Gasteiger partial charge in [0.2, 0.25) is 0 Å². The molecule has 0 aromatic rings. The van der Waals surface area contributed by atoms with Crippen LogP contribution >= 0.6 is 0 Å². The summed E-state index contributed by atoms with van der Waals surface area (Å²) in [5.41, 5.74) is 0. The fourth-order valence-corrected chi connectivity index (χ4v) is 6.98. The topological polar surface area (TPSA) is 35.5 Å². The quantitative estimate of drug-likeness (QED) is 0.0297. The van der Waals surface area contributed by atoms with Gasteiger partial charge >= 0.3 is 5.97 Å². The van der Waals surface area contributed by atoms with Crippen molar-refractivity contribution in [3.05, 3.63) is 12.2 Å². The van der Waals surface area contributed by atoms with Crippen molar-refractivity contribution in [2.45, 2.75) is 245 Å². The predicted octanol–water partition coefficient (Wildman–Crippen LogP) is 14.8. The van der Waals surface area contributed by atoms with Crippen LogP contribution in [-0.2, 0) is 14.0 Å². The minimum absolute atomic E-state index is 0.0262. The van der Waals surface area contributed by atoms with E-state index in [1.807, 2.05) is 0 Å². The minimum Gasteiger partial charge on any atom is -0.462 e. The Morgan fingerprint density at radius 1 is 0.587 bits per heavy atom. The Morgan fingerprint density at radius 3 is 1.52 bits per heavy atom. The Kier molecular flexibility index (Phi) is 31.2. The number of hydrogen-bond acceptors (Lipinski definition) is 3. The summed E-state index contributed by atoms with van der Waals surface area (Å²) < 4.78 is 12.3. The lowest BCUT2D eigenvalue weighted by Crippen LogP contribution is -2.40. The Hall–Kier alpha value is -0.613. The Balaban J connectivity index is 3.92. The third-order valence-corrected chi connectivity index (χ3v) is 14.8. The average molecular weight is 665 g/mol. The third kappa shape index (κ3) is 29.5. The number of allylic oxidation sites excluding steroid dienone is 1. The number of unbranched alkanes of at least 4 members (excludes halogenated alkanes) is 23. The van der Waals surface area contributed by atoms with Crippen molar-refractivity contribution in [2.75, 3.05) is 6.61 Å². The number of ether oxygens (including phenoxy) is 1. The molecule has 0 N–H and O–H groups in total. The van der Waals surface area contributed by atoms with E-state index in [-0.39, 0.29) is 12.1 Å². The molecule has 0 amide bonds. The number of carbonyl (C=O) groups excluding carboxylic acids is 1. The summed E-state index contributed by atoms with van der Waals surface area (Å²) in [6.07, 6.45) is 41.2. The molecule has 0 bridgehead atoms. The first-order valence-corrected chi connectivity index (χ1v) is 23.5. The molecule has 0 aromatic heterocycles. The Labute approximate surface area is 291 Å². The fourth-order valence-electron chi connectivity index (χ4n) is 5.89. The molecule has 0 aromatic carbocycles. The lowest BCUT2D eigenvalue weighted by atomic mass is 10.0. The normalized spacial score (nSPS) is 13.1. The summed E-state index contributed by atoms with van der Waals surface area (Å²) in [5, 5.41) is 0.308. The van der Waals surface area contributed by atoms with Crippen LogP contribution in [0.5, 0.6) is 0 Å². The van der Waals surface area contributed by atoms with Gasteiger partial charge in [0.15, 0.2) is 8.32 Å². The van der Waals surface area contributed by atoms with Crippen molar-refractivity contribution in [2.24, 2.45) is 0 Å². The maximum Gasteiger partial charge on any atom is 0.306 e. The highest BCUT2D eigenvalue weighted by molar-refractivity contribution is 6.74. The highest BCUT2D eigenvalue weighted by Crippen LogP contribution is 2.36. The smallest absolute Gasteiger partial charge is 0.306 e. The molecule has 1 atom stereocenters. The zero-order valence-electron chi connectivity index (χ0n) is 32.7. The van der Waals surface area contributed by atoms with Crippen LogP contribution in [0.25, 0.3) is 0 Å². The number of hydrogen-bond donors (Lipinski definition) is 0. The maximum absolute atomic E-state index is 12.6. The van der Waals surface area contributed by atoms with Crippen LogP contribution in [0, 0.1) is 0 Å². The van der Waals surface area contributed by atoms with Gasteiger partial charge in [0.1, 0.15) is 6.10 Å². The van der Waals surface area contributed by atoms with Crippen molar-refractivity contribution in [1.29, 1.82) is 0 Å². The van der Waals surface area contributed by atoms with Crippen molar-refractivity contribution < 1.29 is 14.0 Å². The van der Waals surface area contributed by atoms with E-state index in [9.17, 15) is 4.79 Å². The van der Waals surface area contributed by atoms with Crippen molar-refractivity contribution >= 4 is 14.3 Å². The molecule has 0 aliphatic carbocycles. The number of rotatable bonds is 34. The van der Waals surface area contributed by atoms with E-state index in [1.165, 1.54) is 154 Å². The van der Waals surface area contributed by atoms with Gasteiger partial charge in [-0.05, 0) is 56.7 Å². The number of carbonyl (C=O) groups is 1. The van der Waals surface area contributed by atoms with Crippen molar-refractivity contribution in [1.82, 2.24) is 0 Å². The molecule has 0 fully saturated rings. The molecule has 0 spiro atoms. The molecule has 0 saturated heterocycles. The second kappa shape index (κ2) is 31.6. The van der Waals surface area contributed by atoms with Gasteiger partial charge in [0.25, 0.3) is 0 Å². The monoisotopic (exact) mass is 665 g/mol. The molecular weight excluding hydrogens is 581 g/mol. The second-order valence-electron chi connectivity index (χ2n) is 15.9. The van der Waals surface area contributed by atoms with Gasteiger partial charge in [-0.2, -0.15) is 0 Å². The SMILES string of the molecule is CCCCCCCCCCCCCCCCCC(=O)O[C@@H](C/C=C\CCCCCCCCO[Si](C)(C)C(C)(C)C)CCCCCC. The fraction of sp³-hybridized carbons (Fsp3) is 0.929. The highest BCUT2D eigenvalue weighted by atomic mass is 28.4. The van der Waals surface area contributed by atoms with Gasteiger partial charge in [0, 0.05) is 19.4 Å². The van der Waals surface area contributed by atoms with E-state index >= 15 is 0 Å². The van der Waals surface area contributed by atoms with E-state index in [0.717, 1.165) is 32.3 Å². The van der Waals surface area contributed by atoms with Crippen LogP contribution < -0.4 is 0 Å². The molecule has 0 heterocycles. The summed E-state index contributed by atoms with van der Waals surface area (Å²) in [6.45, 7) is 17.1. The third-order valence-electron chi connectivity index (χ3n) is 10.3. The highest BCUT2D eigenvalue weighted by Gasteiger charge is 2.36. The maximum atomic E-state index is 12.6. The zero-order valence-corrected chi connectivity index (χ0v) is 33.7. The summed E-state index contributed by atoms with van der Waals surface area (Å²) in [6, 6.07) is 0. The van der Waals surface area contributed by atoms with Crippen LogP contribution in [-0.4, -0.2) is 27.0 Å². The van der Waals surface area contributed by atoms with Gasteiger partial charge in [-0.25, -0.2) is 0 Å². The summed E-state index contributed by atoms with van der Waals surface area (Å²) in [7, 11) is -1.58. The number of esters is 1. The first-order valence-electron chi connectivity index (χ1n) is 20.6. The van der Waals surface area contributed by atoms with Crippen LogP contribution in [0.3, 0.4) is 0 Å². The Morgan fingerprint density at radius 2 is 1.02 bits per heavy atom. The van der Waals surface area contributed by atoms with Crippen LogP contribution in [0.15, 0.2) is 12.2 Å². The van der Waals surface area contributed by atoms with Crippen LogP contribution in [0.2, 0.25) is 18.1 Å². The molecule has 0 unspecified atom stereocenters. The van der Waals surface area contributed by atoms with Gasteiger partial charge in [-0.15, -0.1) is 0 Å². The summed E-state index contributed by atoms with van der Waals surface area (Å²) in [4.78, 5) is 12.6. The minimum atomic E-state index is -1.58. The van der Waals surface area contributed by atoms with Gasteiger partial charge < -0.3 is 9.16 Å². The zero-order chi connectivity index (χ0) is 34.2. The van der Waals surface area contributed by atoms with E-state index in [4.69, 9.17) is 9.16 Å². The molecule has 4 heteroatoms. The molecule has 274 valence electrons. The molecule has 0 aliphatic rings. The van der Waals surface area contributed by atoms with Crippen LogP contribution in [0.4, 0.5) is 0 Å². The lowest BCUT2D eigenvalue weighted by Gasteiger charge is -2.36. The van der Waals surface area contributed by atoms with E-state index in [2.05, 4.69) is 59.9 Å². The summed E-state index contributed by atoms with van der Waals surface area (Å²) in [5.74, 6) is 0.0262. The van der Waals surface area contributed by atoms with Crippen LogP contribution in [0.1, 0.15) is 221 Å². The first kappa shape index (κ1) is 45.4. The molecular formula is C42H84O3Si. The molecule has 46 heavy (non-hydrogen) atoms. The van der Waals surface area contributed by atoms with Gasteiger partial charge in [-0.3, -0.25) is 4.79 Å². The van der Waals surface area contributed by atoms with E-state index in [1.54, 1.807) is 0 Å². The molecule has 0 rings (SSSR count). The molecule has 0 aliphatic heterocycles. The lowest BCUT2D eigenvalue weighted by molar-refractivity contribution is -0.149. The second-order valence-corrected chi connectivity index (χ2v) is 20.7. The Bertz CT molecular complexity index is 681. The van der Waals surface area contributed by atoms with Crippen molar-refractivity contribution in [3.8, 4) is 0 Å². The largest absolute Gasteiger partial charge is 0.462 e. The predicted molar refractivity (Wildman–Crippen MR) is 207 cm³/mol. The van der Waals surface area contributed by atoms with E-state index in [0.29, 0.717) is 11.5 Å². The molecule has 3 nitrogen and oxygen atoms in total. The van der Waals surface area contributed by atoms with E-state index < -0.39 is 8.32 Å². The molecule has 0 radical (unpaired) electrons. The standard InChI is InChI=1S/C42H84O3Si/c1-8-10-12-14-15-16-17-18-19-20-21-24-27-30-34-38-41(43)45-40(36-32-13-11-9-2)37-33-29-26-23-22-25-28-31-35-39-44-46(6,7)42(3,4)5/h29,33,40H,8-28,30-32,34-39H2,1-7H3/b33-29-/t40-/m1/s1. The van der Waals surface area contributed by atoms with Gasteiger partial charge in [-0.1, -0.05) is 182 Å². The summed E-state index contributed by atoms with van der Waals surface area (Å²) >= 11 is 0. The molecule has 0 saturated carbocycles. The first-order chi connectivity index (χ1) is 22.1. The average Bonchev–Trinajstić information content (AvgIpc) is 3.00.